The van der Waals surface area contributed by atoms with E-state index in [2.05, 4.69) is 0 Å². The Balaban J connectivity index is 0.681. The summed E-state index contributed by atoms with van der Waals surface area (Å²) < 4.78 is 44.7. The number of hydrogen-bond donors (Lipinski definition) is 0. The number of esters is 4. The van der Waals surface area contributed by atoms with E-state index < -0.39 is 0 Å². The van der Waals surface area contributed by atoms with E-state index in [0.717, 1.165) is 0 Å². The van der Waals surface area contributed by atoms with Crippen LogP contribution < -0.4 is 0 Å². The van der Waals surface area contributed by atoms with Gasteiger partial charge in [-0.25, -0.2) is 0 Å². The quantitative estimate of drug-likeness (QED) is 0.202. The lowest BCUT2D eigenvalue weighted by Crippen LogP contribution is -3.12. The first-order valence-corrected chi connectivity index (χ1v) is 16.6. The zero-order valence-corrected chi connectivity index (χ0v) is 24.3. The van der Waals surface area contributed by atoms with E-state index in [1.165, 1.54) is 0 Å². The van der Waals surface area contributed by atoms with Gasteiger partial charge < -0.3 is 37.9 Å². The van der Waals surface area contributed by atoms with Crippen molar-refractivity contribution in [3.63, 3.8) is 0 Å². The van der Waals surface area contributed by atoms with Crippen molar-refractivity contribution in [1.82, 2.24) is 0 Å². The fourth-order valence-electron chi connectivity index (χ4n) is 14.6. The van der Waals surface area contributed by atoms with Crippen molar-refractivity contribution in [2.75, 3.05) is 79.3 Å². The second-order valence-electron chi connectivity index (χ2n) is 15.0. The summed E-state index contributed by atoms with van der Waals surface area (Å²) in [6.07, 6.45) is 0. The molecule has 0 aromatic rings. The van der Waals surface area contributed by atoms with Gasteiger partial charge >= 0.3 is 23.9 Å². The number of ether oxygens (including phenoxy) is 8. The molecule has 12 bridgehead atoms. The van der Waals surface area contributed by atoms with Crippen molar-refractivity contribution < 1.29 is 57.1 Å². The molecule has 0 atom stereocenters. The number of carbonyl (C=O) groups excluding carboxylic acids is 4. The lowest BCUT2D eigenvalue weighted by atomic mass is 8.92. The van der Waals surface area contributed by atoms with Crippen LogP contribution in [0.4, 0.5) is 0 Å². The Morgan fingerprint density at radius 1 is 0.295 bits per heavy atom. The van der Waals surface area contributed by atoms with E-state index in [1.54, 1.807) is 0 Å². The van der Waals surface area contributed by atoms with Gasteiger partial charge in [-0.2, -0.15) is 0 Å². The maximum absolute atomic E-state index is 13.0. The summed E-state index contributed by atoms with van der Waals surface area (Å²) in [5.74, 6) is 2.89. The molecule has 14 aliphatic rings. The molecular weight excluding hydrogens is 576 g/mol. The predicted octanol–water partition coefficient (Wildman–Crippen LogP) is -0.285. The van der Waals surface area contributed by atoms with Gasteiger partial charge in [-0.1, -0.05) is 0 Å². The molecule has 2 saturated heterocycles. The third-order valence-electron chi connectivity index (χ3n) is 15.3. The summed E-state index contributed by atoms with van der Waals surface area (Å²) in [5, 5.41) is 0. The smallest absolute Gasteiger partial charge is 0.313 e. The standard InChI is InChI=1S/C32H36O12/c33-25-29-13-16-14(29)18-15(29)17(13)31(16,18)27(35)43-11-7-39-3-4-40-8-12-44-28(36)32-22-19-23(32)21-24(32)20(22)30(19,21)26(34)42-10-6-38-2-1-37-5-9-41-25/h13-24H,1-12H2. The molecule has 4 spiro atoms. The van der Waals surface area contributed by atoms with Crippen molar-refractivity contribution in [2.45, 2.75) is 0 Å². The minimum atomic E-state index is -0.342. The molecule has 44 heavy (non-hydrogen) atoms. The highest BCUT2D eigenvalue weighted by Gasteiger charge is 3.14. The summed E-state index contributed by atoms with van der Waals surface area (Å²) in [5.41, 5.74) is -1.37. The topological polar surface area (TPSA) is 142 Å². The van der Waals surface area contributed by atoms with Gasteiger partial charge in [0.05, 0.1) is 74.5 Å². The van der Waals surface area contributed by atoms with Gasteiger partial charge in [-0.15, -0.1) is 0 Å². The van der Waals surface area contributed by atoms with Crippen molar-refractivity contribution in [1.29, 1.82) is 0 Å². The molecule has 14 fully saturated rings. The van der Waals surface area contributed by atoms with Crippen LogP contribution in [0.5, 0.6) is 0 Å². The second kappa shape index (κ2) is 7.98. The van der Waals surface area contributed by atoms with Gasteiger partial charge in [0, 0.05) is 0 Å². The molecule has 0 aromatic carbocycles. The predicted molar refractivity (Wildman–Crippen MR) is 139 cm³/mol. The molecule has 2 heterocycles. The van der Waals surface area contributed by atoms with E-state index in [9.17, 15) is 19.2 Å². The van der Waals surface area contributed by atoms with Crippen LogP contribution in [0.25, 0.3) is 0 Å². The number of rotatable bonds is 0. The zero-order valence-electron chi connectivity index (χ0n) is 24.3. The SMILES string of the molecule is O=C1OCCOCCOCCOC(=O)C23C4C5C2C2C3C4C52C(=O)OCCOCCOCCOC(=O)C23C4C5C2C2C3C4C152. The zero-order chi connectivity index (χ0) is 29.4. The molecular formula is C32H36O12. The minimum Gasteiger partial charge on any atom is -0.463 e. The lowest BCUT2D eigenvalue weighted by Gasteiger charge is -3.08. The molecule has 0 amide bonds. The van der Waals surface area contributed by atoms with Gasteiger partial charge in [0.2, 0.25) is 0 Å². The van der Waals surface area contributed by atoms with Crippen molar-refractivity contribution in [2.24, 2.45) is 92.7 Å². The summed E-state index contributed by atoms with van der Waals surface area (Å²) in [4.78, 5) is 52.0. The minimum absolute atomic E-state index is 0.115. The molecule has 12 nitrogen and oxygen atoms in total. The summed E-state index contributed by atoms with van der Waals surface area (Å²) in [6, 6.07) is 0. The Morgan fingerprint density at radius 2 is 0.455 bits per heavy atom. The number of hydrogen-bond acceptors (Lipinski definition) is 12. The van der Waals surface area contributed by atoms with Crippen LogP contribution in [-0.4, -0.2) is 103 Å². The molecule has 12 aliphatic carbocycles. The van der Waals surface area contributed by atoms with Gasteiger partial charge in [0.25, 0.3) is 0 Å². The molecule has 12 saturated carbocycles. The van der Waals surface area contributed by atoms with Crippen molar-refractivity contribution in [3.05, 3.63) is 0 Å². The highest BCUT2D eigenvalue weighted by molar-refractivity contribution is 5.98. The molecule has 236 valence electrons. The van der Waals surface area contributed by atoms with Gasteiger partial charge in [0.1, 0.15) is 26.4 Å². The first-order valence-electron chi connectivity index (χ1n) is 16.6. The van der Waals surface area contributed by atoms with Crippen LogP contribution >= 0.6 is 0 Å². The fraction of sp³-hybridized carbons (Fsp3) is 0.875. The van der Waals surface area contributed by atoms with E-state index in [-0.39, 0.29) is 143 Å². The van der Waals surface area contributed by atoms with Crippen molar-refractivity contribution >= 4 is 23.9 Å². The van der Waals surface area contributed by atoms with Crippen LogP contribution in [0.1, 0.15) is 0 Å². The van der Waals surface area contributed by atoms with Gasteiger partial charge in [0.15, 0.2) is 0 Å². The average Bonchev–Trinajstić information content (AvgIpc) is 3.05. The largest absolute Gasteiger partial charge is 0.463 e. The number of carbonyl (C=O) groups is 4. The molecule has 14 rings (SSSR count). The first-order chi connectivity index (χ1) is 21.6. The van der Waals surface area contributed by atoms with Crippen molar-refractivity contribution in [3.8, 4) is 0 Å². The molecule has 0 radical (unpaired) electrons. The van der Waals surface area contributed by atoms with Crippen LogP contribution in [0.3, 0.4) is 0 Å². The third kappa shape index (κ3) is 2.12. The van der Waals surface area contributed by atoms with E-state index >= 15 is 0 Å². The second-order valence-corrected chi connectivity index (χ2v) is 15.0. The molecule has 12 heteroatoms. The normalized spacial score (nSPS) is 60.5. The Labute approximate surface area is 253 Å². The highest BCUT2D eigenvalue weighted by atomic mass is 16.6. The Bertz CT molecular complexity index is 1090. The molecule has 2 aliphatic heterocycles. The maximum atomic E-state index is 13.0. The van der Waals surface area contributed by atoms with Crippen LogP contribution in [0, 0.1) is 92.7 Å². The van der Waals surface area contributed by atoms with Crippen LogP contribution in [0.2, 0.25) is 0 Å². The van der Waals surface area contributed by atoms with Gasteiger partial charge in [-0.05, 0) is 71.0 Å². The van der Waals surface area contributed by atoms with E-state index in [0.29, 0.717) is 52.9 Å². The highest BCUT2D eigenvalue weighted by Crippen LogP contribution is 3.11. The Morgan fingerprint density at radius 3 is 0.636 bits per heavy atom. The average molecular weight is 613 g/mol. The fourth-order valence-corrected chi connectivity index (χ4v) is 14.6. The van der Waals surface area contributed by atoms with E-state index in [1.807, 2.05) is 0 Å². The monoisotopic (exact) mass is 612 g/mol. The molecule has 0 N–H and O–H groups in total. The molecule has 0 aromatic heterocycles. The van der Waals surface area contributed by atoms with Gasteiger partial charge in [-0.3, -0.25) is 19.2 Å². The number of fused-ring (bicyclic) bond motifs is 22. The summed E-state index contributed by atoms with van der Waals surface area (Å²) in [6.45, 7) is 3.45. The molecule has 0 unspecified atom stereocenters. The van der Waals surface area contributed by atoms with Crippen LogP contribution in [-0.2, 0) is 57.1 Å². The lowest BCUT2D eigenvalue weighted by molar-refractivity contribution is -0.628. The van der Waals surface area contributed by atoms with E-state index in [4.69, 9.17) is 37.9 Å². The van der Waals surface area contributed by atoms with Crippen LogP contribution in [0.15, 0.2) is 0 Å². The Hall–Kier alpha value is -2.28. The summed E-state index contributed by atoms with van der Waals surface area (Å²) in [7, 11) is 0. The Kier molecular flexibility index (Phi) is 4.69. The summed E-state index contributed by atoms with van der Waals surface area (Å²) >= 11 is 0. The first kappa shape index (κ1) is 25.9. The maximum Gasteiger partial charge on any atom is 0.313 e. The third-order valence-corrected chi connectivity index (χ3v) is 15.3.